The summed E-state index contributed by atoms with van der Waals surface area (Å²) in [5, 5.41) is 0. The van der Waals surface area contributed by atoms with E-state index in [1.165, 1.54) is 81.8 Å². The predicted octanol–water partition coefficient (Wildman–Crippen LogP) is 8.44. The Morgan fingerprint density at radius 2 is 1.17 bits per heavy atom. The zero-order valence-electron chi connectivity index (χ0n) is 18.9. The molecule has 2 nitrogen and oxygen atoms in total. The number of hydrogen-bond acceptors (Lipinski definition) is 2. The van der Waals surface area contributed by atoms with Crippen LogP contribution < -0.4 is 9.47 Å². The van der Waals surface area contributed by atoms with E-state index in [1.807, 2.05) is 0 Å². The Bertz CT molecular complexity index is 684. The predicted molar refractivity (Wildman–Crippen MR) is 127 cm³/mol. The van der Waals surface area contributed by atoms with Gasteiger partial charge in [-0.15, -0.1) is 0 Å². The van der Waals surface area contributed by atoms with E-state index in [1.54, 1.807) is 0 Å². The van der Waals surface area contributed by atoms with Crippen molar-refractivity contribution in [1.29, 1.82) is 0 Å². The fraction of sp³-hybridized carbons (Fsp3) is 0.571. The van der Waals surface area contributed by atoms with E-state index >= 15 is 0 Å². The van der Waals surface area contributed by atoms with Crippen molar-refractivity contribution in [2.45, 2.75) is 84.0 Å². The van der Waals surface area contributed by atoms with Crippen LogP contribution in [-0.2, 0) is 0 Å². The molecule has 0 heterocycles. The maximum atomic E-state index is 6.03. The van der Waals surface area contributed by atoms with Gasteiger partial charge in [-0.05, 0) is 60.6 Å². The van der Waals surface area contributed by atoms with Crippen LogP contribution in [-0.4, -0.2) is 13.2 Å². The zero-order valence-corrected chi connectivity index (χ0v) is 18.9. The third-order valence-corrected chi connectivity index (χ3v) is 6.27. The van der Waals surface area contributed by atoms with E-state index in [0.717, 1.165) is 37.1 Å². The van der Waals surface area contributed by atoms with Crippen LogP contribution in [0.15, 0.2) is 48.5 Å². The summed E-state index contributed by atoms with van der Waals surface area (Å²) < 4.78 is 11.9. The Labute approximate surface area is 184 Å². The average molecular weight is 409 g/mol. The Morgan fingerprint density at radius 3 is 1.77 bits per heavy atom. The molecule has 2 aromatic carbocycles. The third-order valence-electron chi connectivity index (χ3n) is 6.27. The van der Waals surface area contributed by atoms with Gasteiger partial charge in [0.15, 0.2) is 0 Å². The molecule has 0 saturated heterocycles. The third kappa shape index (κ3) is 8.05. The summed E-state index contributed by atoms with van der Waals surface area (Å²) in [4.78, 5) is 0. The lowest BCUT2D eigenvalue weighted by Crippen LogP contribution is -2.15. The quantitative estimate of drug-likeness (QED) is 0.310. The Kier molecular flexibility index (Phi) is 10.1. The van der Waals surface area contributed by atoms with Crippen molar-refractivity contribution < 1.29 is 9.47 Å². The van der Waals surface area contributed by atoms with Crippen molar-refractivity contribution in [2.75, 3.05) is 13.2 Å². The molecular formula is C28H40O2. The van der Waals surface area contributed by atoms with Crippen LogP contribution in [0, 0.1) is 5.92 Å². The molecule has 0 amide bonds. The first-order valence-corrected chi connectivity index (χ1v) is 12.3. The molecule has 1 aliphatic carbocycles. The summed E-state index contributed by atoms with van der Waals surface area (Å²) in [6.45, 7) is 3.95. The van der Waals surface area contributed by atoms with E-state index in [4.69, 9.17) is 9.47 Å². The van der Waals surface area contributed by atoms with E-state index in [2.05, 4.69) is 55.5 Å². The molecule has 2 heteroatoms. The molecule has 164 valence electrons. The monoisotopic (exact) mass is 408 g/mol. The van der Waals surface area contributed by atoms with E-state index < -0.39 is 0 Å². The van der Waals surface area contributed by atoms with Gasteiger partial charge in [-0.25, -0.2) is 0 Å². The van der Waals surface area contributed by atoms with Gasteiger partial charge in [0.05, 0.1) is 13.2 Å². The molecule has 2 aromatic rings. The van der Waals surface area contributed by atoms with Crippen LogP contribution >= 0.6 is 0 Å². The number of ether oxygens (including phenoxy) is 2. The van der Waals surface area contributed by atoms with Gasteiger partial charge < -0.3 is 9.47 Å². The van der Waals surface area contributed by atoms with Crippen molar-refractivity contribution in [3.05, 3.63) is 48.5 Å². The summed E-state index contributed by atoms with van der Waals surface area (Å²) in [6, 6.07) is 17.0. The van der Waals surface area contributed by atoms with Crippen molar-refractivity contribution in [2.24, 2.45) is 5.92 Å². The lowest BCUT2D eigenvalue weighted by molar-refractivity contribution is 0.209. The maximum Gasteiger partial charge on any atom is 0.119 e. The molecule has 0 radical (unpaired) electrons. The standard InChI is InChI=1S/C28H40O2/c1-2-3-4-5-6-7-11-22-29-27-18-14-25(15-19-27)26-16-20-28(21-17-26)30-23-24-12-9-8-10-13-24/h14-21,24H,2-13,22-23H2,1H3. The molecule has 0 spiro atoms. The van der Waals surface area contributed by atoms with E-state index in [0.29, 0.717) is 0 Å². The molecule has 0 unspecified atom stereocenters. The van der Waals surface area contributed by atoms with Crippen LogP contribution in [0.4, 0.5) is 0 Å². The number of unbranched alkanes of at least 4 members (excludes halogenated alkanes) is 6. The summed E-state index contributed by atoms with van der Waals surface area (Å²) in [7, 11) is 0. The van der Waals surface area contributed by atoms with Gasteiger partial charge >= 0.3 is 0 Å². The first kappa shape index (κ1) is 22.7. The summed E-state index contributed by atoms with van der Waals surface area (Å²) in [5.41, 5.74) is 2.44. The molecule has 1 aliphatic rings. The molecule has 0 aliphatic heterocycles. The first-order valence-electron chi connectivity index (χ1n) is 12.3. The number of rotatable bonds is 13. The molecule has 0 bridgehead atoms. The fourth-order valence-corrected chi connectivity index (χ4v) is 4.30. The average Bonchev–Trinajstić information content (AvgIpc) is 2.81. The fourth-order valence-electron chi connectivity index (χ4n) is 4.30. The van der Waals surface area contributed by atoms with Gasteiger partial charge in [0, 0.05) is 0 Å². The molecular weight excluding hydrogens is 368 g/mol. The van der Waals surface area contributed by atoms with Crippen LogP contribution in [0.1, 0.15) is 84.0 Å². The minimum atomic E-state index is 0.743. The van der Waals surface area contributed by atoms with Gasteiger partial charge in [-0.2, -0.15) is 0 Å². The zero-order chi connectivity index (χ0) is 20.9. The lowest BCUT2D eigenvalue weighted by Gasteiger charge is -2.21. The van der Waals surface area contributed by atoms with Gasteiger partial charge in [0.1, 0.15) is 11.5 Å². The van der Waals surface area contributed by atoms with Gasteiger partial charge in [-0.1, -0.05) is 89.0 Å². The van der Waals surface area contributed by atoms with Crippen molar-refractivity contribution >= 4 is 0 Å². The second-order valence-corrected chi connectivity index (χ2v) is 8.83. The van der Waals surface area contributed by atoms with Crippen LogP contribution in [0.25, 0.3) is 11.1 Å². The number of hydrogen-bond donors (Lipinski definition) is 0. The molecule has 0 atom stereocenters. The van der Waals surface area contributed by atoms with Crippen molar-refractivity contribution in [3.8, 4) is 22.6 Å². The highest BCUT2D eigenvalue weighted by atomic mass is 16.5. The van der Waals surface area contributed by atoms with Crippen LogP contribution in [0.3, 0.4) is 0 Å². The van der Waals surface area contributed by atoms with Gasteiger partial charge in [0.25, 0.3) is 0 Å². The Balaban J connectivity index is 1.36. The topological polar surface area (TPSA) is 18.5 Å². The van der Waals surface area contributed by atoms with Gasteiger partial charge in [0.2, 0.25) is 0 Å². The van der Waals surface area contributed by atoms with Crippen LogP contribution in [0.2, 0.25) is 0 Å². The molecule has 1 saturated carbocycles. The largest absolute Gasteiger partial charge is 0.494 e. The maximum absolute atomic E-state index is 6.03. The van der Waals surface area contributed by atoms with Gasteiger partial charge in [-0.3, -0.25) is 0 Å². The summed E-state index contributed by atoms with van der Waals surface area (Å²) in [6.07, 6.45) is 16.0. The molecule has 0 aromatic heterocycles. The summed E-state index contributed by atoms with van der Waals surface area (Å²) >= 11 is 0. The summed E-state index contributed by atoms with van der Waals surface area (Å²) in [5.74, 6) is 2.70. The van der Waals surface area contributed by atoms with E-state index in [-0.39, 0.29) is 0 Å². The smallest absolute Gasteiger partial charge is 0.119 e. The highest BCUT2D eigenvalue weighted by Crippen LogP contribution is 2.27. The minimum Gasteiger partial charge on any atom is -0.494 e. The normalized spacial score (nSPS) is 14.6. The highest BCUT2D eigenvalue weighted by Gasteiger charge is 2.13. The Hall–Kier alpha value is -1.96. The van der Waals surface area contributed by atoms with E-state index in [9.17, 15) is 0 Å². The van der Waals surface area contributed by atoms with Crippen LogP contribution in [0.5, 0.6) is 11.5 Å². The number of benzene rings is 2. The molecule has 30 heavy (non-hydrogen) atoms. The second kappa shape index (κ2) is 13.4. The molecule has 1 fully saturated rings. The highest BCUT2D eigenvalue weighted by molar-refractivity contribution is 5.64. The second-order valence-electron chi connectivity index (χ2n) is 8.83. The Morgan fingerprint density at radius 1 is 0.633 bits per heavy atom. The molecule has 3 rings (SSSR count). The lowest BCUT2D eigenvalue weighted by atomic mass is 9.90. The minimum absolute atomic E-state index is 0.743. The van der Waals surface area contributed by atoms with Crippen molar-refractivity contribution in [3.63, 3.8) is 0 Å². The first-order chi connectivity index (χ1) is 14.8. The van der Waals surface area contributed by atoms with Crippen molar-refractivity contribution in [1.82, 2.24) is 0 Å². The SMILES string of the molecule is CCCCCCCCCOc1ccc(-c2ccc(OCC3CCCCC3)cc2)cc1. The molecule has 0 N–H and O–H groups in total.